The molecule has 1 aromatic heterocycles. The Labute approximate surface area is 156 Å². The first kappa shape index (κ1) is 20.1. The fourth-order valence-electron chi connectivity index (χ4n) is 2.39. The lowest BCUT2D eigenvalue weighted by Gasteiger charge is -2.28. The first-order valence-corrected chi connectivity index (χ1v) is 8.57. The number of aromatic nitrogens is 2. The number of rotatable bonds is 6. The van der Waals surface area contributed by atoms with Crippen molar-refractivity contribution in [3.63, 3.8) is 0 Å². The van der Waals surface area contributed by atoms with Crippen LogP contribution in [0.1, 0.15) is 33.4 Å². The van der Waals surface area contributed by atoms with Gasteiger partial charge in [0, 0.05) is 5.39 Å². The molecule has 1 heterocycles. The van der Waals surface area contributed by atoms with E-state index in [4.69, 9.17) is 4.74 Å². The molecule has 0 bridgehead atoms. The summed E-state index contributed by atoms with van der Waals surface area (Å²) in [5.41, 5.74) is -1.05. The van der Waals surface area contributed by atoms with Crippen molar-refractivity contribution in [3.8, 4) is 6.07 Å². The number of hydrogen-bond acceptors (Lipinski definition) is 6. The number of nitrogens with one attached hydrogen (secondary N) is 2. The number of amides is 1. The zero-order valence-electron chi connectivity index (χ0n) is 15.7. The van der Waals surface area contributed by atoms with Crippen molar-refractivity contribution in [1.29, 1.82) is 5.26 Å². The van der Waals surface area contributed by atoms with Gasteiger partial charge >= 0.3 is 5.97 Å². The van der Waals surface area contributed by atoms with Gasteiger partial charge in [0.15, 0.2) is 6.10 Å². The number of carbonyl (C=O) groups is 2. The van der Waals surface area contributed by atoms with Crippen molar-refractivity contribution in [2.24, 2.45) is 5.92 Å². The van der Waals surface area contributed by atoms with Gasteiger partial charge in [0.1, 0.15) is 5.54 Å². The minimum atomic E-state index is -1.07. The molecule has 1 aromatic carbocycles. The van der Waals surface area contributed by atoms with Gasteiger partial charge in [0.25, 0.3) is 11.5 Å². The average Bonchev–Trinajstić information content (AvgIpc) is 2.63. The average molecular weight is 370 g/mol. The number of nitrogens with zero attached hydrogens (tertiary/aromatic N) is 2. The number of fused-ring (bicyclic) bond motifs is 1. The van der Waals surface area contributed by atoms with Gasteiger partial charge in [-0.1, -0.05) is 32.0 Å². The van der Waals surface area contributed by atoms with E-state index in [-0.39, 0.29) is 17.9 Å². The summed E-state index contributed by atoms with van der Waals surface area (Å²) in [4.78, 5) is 36.3. The topological polar surface area (TPSA) is 125 Å². The van der Waals surface area contributed by atoms with E-state index in [1.807, 2.05) is 13.8 Å². The molecule has 8 nitrogen and oxygen atoms in total. The van der Waals surface area contributed by atoms with Crippen LogP contribution in [0.4, 0.5) is 0 Å². The summed E-state index contributed by atoms with van der Waals surface area (Å²) in [6.07, 6.45) is -1.27. The molecule has 0 spiro atoms. The van der Waals surface area contributed by atoms with Crippen molar-refractivity contribution < 1.29 is 14.3 Å². The molecule has 1 amide bonds. The predicted octanol–water partition coefficient (Wildman–Crippen LogP) is 1.45. The highest BCUT2D eigenvalue weighted by atomic mass is 16.5. The zero-order valence-corrected chi connectivity index (χ0v) is 15.7. The molecule has 27 heavy (non-hydrogen) atoms. The van der Waals surface area contributed by atoms with Crippen LogP contribution in [0.2, 0.25) is 0 Å². The monoisotopic (exact) mass is 370 g/mol. The molecular formula is C19H22N4O4. The maximum absolute atomic E-state index is 12.3. The van der Waals surface area contributed by atoms with Gasteiger partial charge in [-0.05, 0) is 25.8 Å². The van der Waals surface area contributed by atoms with Crippen molar-refractivity contribution in [2.75, 3.05) is 0 Å². The summed E-state index contributed by atoms with van der Waals surface area (Å²) < 4.78 is 5.17. The molecule has 0 fully saturated rings. The number of ether oxygens (including phenoxy) is 1. The molecule has 2 atom stereocenters. The van der Waals surface area contributed by atoms with Crippen LogP contribution in [0.25, 0.3) is 10.8 Å². The zero-order chi connectivity index (χ0) is 20.2. The van der Waals surface area contributed by atoms with Crippen molar-refractivity contribution in [3.05, 3.63) is 40.3 Å². The van der Waals surface area contributed by atoms with Crippen molar-refractivity contribution in [1.82, 2.24) is 15.5 Å². The smallest absolute Gasteiger partial charge is 0.312 e. The second kappa shape index (κ2) is 7.99. The maximum Gasteiger partial charge on any atom is 0.312 e. The van der Waals surface area contributed by atoms with Crippen LogP contribution >= 0.6 is 0 Å². The molecule has 2 rings (SSSR count). The predicted molar refractivity (Wildman–Crippen MR) is 98.6 cm³/mol. The highest BCUT2D eigenvalue weighted by molar-refractivity contribution is 5.88. The van der Waals surface area contributed by atoms with Gasteiger partial charge in [-0.25, -0.2) is 5.10 Å². The van der Waals surface area contributed by atoms with Gasteiger partial charge in [0.2, 0.25) is 0 Å². The summed E-state index contributed by atoms with van der Waals surface area (Å²) in [6, 6.07) is 8.85. The van der Waals surface area contributed by atoms with Crippen LogP contribution in [0, 0.1) is 17.2 Å². The van der Waals surface area contributed by atoms with Crippen molar-refractivity contribution in [2.45, 2.75) is 45.8 Å². The third-order valence-electron chi connectivity index (χ3n) is 4.53. The summed E-state index contributed by atoms with van der Waals surface area (Å²) in [6.45, 7) is 6.67. The summed E-state index contributed by atoms with van der Waals surface area (Å²) in [5, 5.41) is 19.1. The van der Waals surface area contributed by atoms with E-state index in [0.29, 0.717) is 16.5 Å². The van der Waals surface area contributed by atoms with Crippen LogP contribution < -0.4 is 10.9 Å². The van der Waals surface area contributed by atoms with E-state index in [1.165, 1.54) is 6.92 Å². The SMILES string of the molecule is CC(OC(=O)Cc1n[nH]c(=O)c2ccccc12)C(=O)NC(C)(C#N)C(C)C. The van der Waals surface area contributed by atoms with Crippen molar-refractivity contribution >= 4 is 22.6 Å². The van der Waals surface area contributed by atoms with Gasteiger partial charge in [-0.3, -0.25) is 14.4 Å². The Kier molecular flexibility index (Phi) is 5.95. The van der Waals surface area contributed by atoms with E-state index in [2.05, 4.69) is 21.6 Å². The Morgan fingerprint density at radius 2 is 1.93 bits per heavy atom. The third-order valence-corrected chi connectivity index (χ3v) is 4.53. The lowest BCUT2D eigenvalue weighted by Crippen LogP contribution is -2.52. The second-order valence-electron chi connectivity index (χ2n) is 6.81. The number of esters is 1. The summed E-state index contributed by atoms with van der Waals surface area (Å²) >= 11 is 0. The molecule has 2 aromatic rings. The number of nitriles is 1. The number of aromatic amines is 1. The Bertz CT molecular complexity index is 960. The Hall–Kier alpha value is -3.21. The lowest BCUT2D eigenvalue weighted by molar-refractivity contribution is -0.154. The first-order chi connectivity index (χ1) is 12.7. The van der Waals surface area contributed by atoms with Crippen LogP contribution in [0.5, 0.6) is 0 Å². The molecule has 8 heteroatoms. The van der Waals surface area contributed by atoms with Gasteiger partial charge < -0.3 is 10.1 Å². The highest BCUT2D eigenvalue weighted by Gasteiger charge is 2.32. The fraction of sp³-hybridized carbons (Fsp3) is 0.421. The molecule has 0 radical (unpaired) electrons. The summed E-state index contributed by atoms with van der Waals surface area (Å²) in [7, 11) is 0. The quantitative estimate of drug-likeness (QED) is 0.742. The minimum Gasteiger partial charge on any atom is -0.452 e. The van der Waals surface area contributed by atoms with E-state index < -0.39 is 23.5 Å². The Morgan fingerprint density at radius 3 is 2.52 bits per heavy atom. The van der Waals surface area contributed by atoms with Gasteiger partial charge in [0.05, 0.1) is 23.6 Å². The van der Waals surface area contributed by atoms with E-state index in [9.17, 15) is 19.6 Å². The van der Waals surface area contributed by atoms with Gasteiger partial charge in [-0.15, -0.1) is 0 Å². The molecular weight excluding hydrogens is 348 g/mol. The van der Waals surface area contributed by atoms with Crippen LogP contribution in [0.3, 0.4) is 0 Å². The standard InChI is InChI=1S/C19H22N4O4/c1-11(2)19(4,10-20)21-17(25)12(3)27-16(24)9-15-13-7-5-6-8-14(13)18(26)23-22-15/h5-8,11-12H,9H2,1-4H3,(H,21,25)(H,23,26). The molecule has 0 saturated heterocycles. The van der Waals surface area contributed by atoms with E-state index in [0.717, 1.165) is 0 Å². The normalized spacial score (nSPS) is 14.2. The number of carbonyl (C=O) groups excluding carboxylic acids is 2. The first-order valence-electron chi connectivity index (χ1n) is 8.57. The molecule has 2 N–H and O–H groups in total. The molecule has 0 aliphatic carbocycles. The molecule has 0 aliphatic heterocycles. The number of benzene rings is 1. The van der Waals surface area contributed by atoms with Crippen LogP contribution in [-0.4, -0.2) is 33.7 Å². The van der Waals surface area contributed by atoms with Gasteiger partial charge in [-0.2, -0.15) is 10.4 Å². The van der Waals surface area contributed by atoms with E-state index >= 15 is 0 Å². The molecule has 2 unspecified atom stereocenters. The van der Waals surface area contributed by atoms with Crippen LogP contribution in [0.15, 0.2) is 29.1 Å². The minimum absolute atomic E-state index is 0.119. The third kappa shape index (κ3) is 4.50. The molecule has 0 saturated carbocycles. The number of H-pyrrole nitrogens is 1. The molecule has 0 aliphatic rings. The lowest BCUT2D eigenvalue weighted by atomic mass is 9.90. The van der Waals surface area contributed by atoms with E-state index in [1.54, 1.807) is 31.2 Å². The Balaban J connectivity index is 2.08. The summed E-state index contributed by atoms with van der Waals surface area (Å²) in [5.74, 6) is -1.34. The molecule has 142 valence electrons. The fourth-order valence-corrected chi connectivity index (χ4v) is 2.39. The number of hydrogen-bond donors (Lipinski definition) is 2. The highest BCUT2D eigenvalue weighted by Crippen LogP contribution is 2.16. The maximum atomic E-state index is 12.3. The largest absolute Gasteiger partial charge is 0.452 e. The van der Waals surface area contributed by atoms with Crippen LogP contribution in [-0.2, 0) is 20.7 Å². The second-order valence-corrected chi connectivity index (χ2v) is 6.81. The Morgan fingerprint density at radius 1 is 1.30 bits per heavy atom.